The summed E-state index contributed by atoms with van der Waals surface area (Å²) < 4.78 is 5.63. The van der Waals surface area contributed by atoms with Crippen LogP contribution in [0.2, 0.25) is 0 Å². The van der Waals surface area contributed by atoms with E-state index in [-0.39, 0.29) is 16.6 Å². The molecule has 3 rings (SSSR count). The summed E-state index contributed by atoms with van der Waals surface area (Å²) in [6.07, 6.45) is 1.46. The Morgan fingerprint density at radius 3 is 2.38 bits per heavy atom. The van der Waals surface area contributed by atoms with Crippen LogP contribution in [-0.2, 0) is 5.41 Å². The highest BCUT2D eigenvalue weighted by atomic mass is 16.3. The van der Waals surface area contributed by atoms with Gasteiger partial charge in [0.15, 0.2) is 0 Å². The van der Waals surface area contributed by atoms with Crippen molar-refractivity contribution in [1.82, 2.24) is 0 Å². The summed E-state index contributed by atoms with van der Waals surface area (Å²) in [7, 11) is 0. The van der Waals surface area contributed by atoms with Crippen LogP contribution in [0.5, 0.6) is 5.75 Å². The zero-order chi connectivity index (χ0) is 17.5. The minimum absolute atomic E-state index is 0.0803. The second kappa shape index (κ2) is 5.82. The molecule has 0 unspecified atom stereocenters. The smallest absolute Gasteiger partial charge is 0.200 e. The number of rotatable bonds is 3. The number of benzene rings is 2. The van der Waals surface area contributed by atoms with Gasteiger partial charge in [-0.2, -0.15) is 0 Å². The van der Waals surface area contributed by atoms with Crippen molar-refractivity contribution < 1.29 is 9.52 Å². The van der Waals surface area contributed by atoms with Gasteiger partial charge in [0.2, 0.25) is 5.43 Å². The molecule has 0 aliphatic carbocycles. The van der Waals surface area contributed by atoms with Gasteiger partial charge in [-0.25, -0.2) is 0 Å². The normalized spacial score (nSPS) is 12.0. The quantitative estimate of drug-likeness (QED) is 0.730. The molecule has 0 spiro atoms. The molecule has 1 aromatic heterocycles. The van der Waals surface area contributed by atoms with Gasteiger partial charge in [0.1, 0.15) is 17.6 Å². The predicted octanol–water partition coefficient (Wildman–Crippen LogP) is 5.10. The number of aromatic hydroxyl groups is 1. The van der Waals surface area contributed by atoms with Gasteiger partial charge in [0.05, 0.1) is 10.9 Å². The lowest BCUT2D eigenvalue weighted by Gasteiger charge is -2.30. The van der Waals surface area contributed by atoms with E-state index in [4.69, 9.17) is 4.42 Å². The minimum Gasteiger partial charge on any atom is -0.508 e. The van der Waals surface area contributed by atoms with E-state index in [0.29, 0.717) is 22.5 Å². The van der Waals surface area contributed by atoms with Crippen molar-refractivity contribution in [2.75, 3.05) is 0 Å². The third kappa shape index (κ3) is 2.60. The molecule has 0 bridgehead atoms. The maximum absolute atomic E-state index is 12.9. The number of phenolic OH excluding ortho intramolecular Hbond substituents is 1. The fraction of sp³-hybridized carbons (Fsp3) is 0.286. The standard InChI is InChI=1S/C21H22O3/c1-13(2)21(3,4)17-10-15-19(11-18(17)22)24-12-16(20(15)23)14-8-6-5-7-9-14/h5-13,22H,1-4H3. The Hall–Kier alpha value is -2.55. The summed E-state index contributed by atoms with van der Waals surface area (Å²) >= 11 is 0. The van der Waals surface area contributed by atoms with Crippen molar-refractivity contribution in [3.05, 3.63) is 64.5 Å². The van der Waals surface area contributed by atoms with Crippen molar-refractivity contribution >= 4 is 11.0 Å². The zero-order valence-electron chi connectivity index (χ0n) is 14.5. The molecule has 3 heteroatoms. The van der Waals surface area contributed by atoms with Crippen LogP contribution in [-0.4, -0.2) is 5.11 Å². The maximum atomic E-state index is 12.9. The average molecular weight is 322 g/mol. The summed E-state index contributed by atoms with van der Waals surface area (Å²) in [6, 6.07) is 12.8. The van der Waals surface area contributed by atoms with Gasteiger partial charge in [-0.3, -0.25) is 4.79 Å². The van der Waals surface area contributed by atoms with Crippen molar-refractivity contribution in [2.45, 2.75) is 33.1 Å². The molecule has 0 radical (unpaired) electrons. The molecule has 3 aromatic rings. The lowest BCUT2D eigenvalue weighted by atomic mass is 9.74. The first-order chi connectivity index (χ1) is 11.3. The first-order valence-electron chi connectivity index (χ1n) is 8.16. The van der Waals surface area contributed by atoms with Crippen molar-refractivity contribution in [3.63, 3.8) is 0 Å². The van der Waals surface area contributed by atoms with Crippen LogP contribution in [0.1, 0.15) is 33.3 Å². The summed E-state index contributed by atoms with van der Waals surface area (Å²) in [5.74, 6) is 0.474. The molecular weight excluding hydrogens is 300 g/mol. The van der Waals surface area contributed by atoms with Crippen molar-refractivity contribution in [2.24, 2.45) is 5.92 Å². The number of hydrogen-bond donors (Lipinski definition) is 1. The molecule has 0 amide bonds. The molecular formula is C21H22O3. The summed E-state index contributed by atoms with van der Waals surface area (Å²) in [5, 5.41) is 10.9. The first kappa shape index (κ1) is 16.3. The molecule has 1 heterocycles. The Labute approximate surface area is 141 Å². The van der Waals surface area contributed by atoms with Crippen LogP contribution in [0, 0.1) is 5.92 Å². The van der Waals surface area contributed by atoms with Crippen LogP contribution in [0.4, 0.5) is 0 Å². The van der Waals surface area contributed by atoms with Gasteiger partial charge in [0.25, 0.3) is 0 Å². The molecule has 0 atom stereocenters. The van der Waals surface area contributed by atoms with E-state index < -0.39 is 0 Å². The third-order valence-corrected chi connectivity index (χ3v) is 5.11. The van der Waals surface area contributed by atoms with Crippen LogP contribution >= 0.6 is 0 Å². The monoisotopic (exact) mass is 322 g/mol. The molecule has 0 saturated carbocycles. The Morgan fingerprint density at radius 2 is 1.75 bits per heavy atom. The Bertz CT molecular complexity index is 934. The number of hydrogen-bond acceptors (Lipinski definition) is 3. The molecule has 2 aromatic carbocycles. The van der Waals surface area contributed by atoms with Gasteiger partial charge >= 0.3 is 0 Å². The predicted molar refractivity (Wildman–Crippen MR) is 97.4 cm³/mol. The number of phenols is 1. The van der Waals surface area contributed by atoms with Crippen LogP contribution < -0.4 is 5.43 Å². The third-order valence-electron chi connectivity index (χ3n) is 5.11. The van der Waals surface area contributed by atoms with E-state index in [1.807, 2.05) is 30.3 Å². The molecule has 0 aliphatic rings. The molecule has 0 aliphatic heterocycles. The van der Waals surface area contributed by atoms with E-state index >= 15 is 0 Å². The van der Waals surface area contributed by atoms with Gasteiger partial charge in [-0.05, 0) is 23.0 Å². The highest BCUT2D eigenvalue weighted by Gasteiger charge is 2.28. The molecule has 124 valence electrons. The highest BCUT2D eigenvalue weighted by molar-refractivity contribution is 5.84. The minimum atomic E-state index is -0.256. The van der Waals surface area contributed by atoms with Crippen LogP contribution in [0.25, 0.3) is 22.1 Å². The van der Waals surface area contributed by atoms with E-state index in [2.05, 4.69) is 27.7 Å². The Balaban J connectivity index is 2.28. The second-order valence-corrected chi connectivity index (χ2v) is 7.09. The SMILES string of the molecule is CC(C)C(C)(C)c1cc2c(=O)c(-c3ccccc3)coc2cc1O. The molecule has 3 nitrogen and oxygen atoms in total. The van der Waals surface area contributed by atoms with Gasteiger partial charge in [-0.1, -0.05) is 58.0 Å². The lowest BCUT2D eigenvalue weighted by Crippen LogP contribution is -2.24. The second-order valence-electron chi connectivity index (χ2n) is 7.09. The fourth-order valence-electron chi connectivity index (χ4n) is 2.81. The Kier molecular flexibility index (Phi) is 3.96. The van der Waals surface area contributed by atoms with Crippen LogP contribution in [0.15, 0.2) is 57.9 Å². The maximum Gasteiger partial charge on any atom is 0.200 e. The van der Waals surface area contributed by atoms with Crippen molar-refractivity contribution in [1.29, 1.82) is 0 Å². The average Bonchev–Trinajstić information content (AvgIpc) is 2.55. The number of fused-ring (bicyclic) bond motifs is 1. The molecule has 1 N–H and O–H groups in total. The van der Waals surface area contributed by atoms with E-state index in [1.165, 1.54) is 6.26 Å². The van der Waals surface area contributed by atoms with E-state index in [1.54, 1.807) is 12.1 Å². The first-order valence-corrected chi connectivity index (χ1v) is 8.16. The van der Waals surface area contributed by atoms with Crippen LogP contribution in [0.3, 0.4) is 0 Å². The summed E-state index contributed by atoms with van der Waals surface area (Å²) in [6.45, 7) is 8.35. The van der Waals surface area contributed by atoms with Gasteiger partial charge in [0, 0.05) is 11.6 Å². The van der Waals surface area contributed by atoms with Gasteiger partial charge < -0.3 is 9.52 Å². The molecule has 24 heavy (non-hydrogen) atoms. The largest absolute Gasteiger partial charge is 0.508 e. The Morgan fingerprint density at radius 1 is 1.08 bits per heavy atom. The fourth-order valence-corrected chi connectivity index (χ4v) is 2.81. The van der Waals surface area contributed by atoms with E-state index in [0.717, 1.165) is 11.1 Å². The molecule has 0 fully saturated rings. The highest BCUT2D eigenvalue weighted by Crippen LogP contribution is 2.38. The lowest BCUT2D eigenvalue weighted by molar-refractivity contribution is 0.352. The van der Waals surface area contributed by atoms with E-state index in [9.17, 15) is 9.90 Å². The molecule has 0 saturated heterocycles. The topological polar surface area (TPSA) is 50.4 Å². The zero-order valence-corrected chi connectivity index (χ0v) is 14.5. The summed E-state index contributed by atoms with van der Waals surface area (Å²) in [5.41, 5.74) is 2.19. The summed E-state index contributed by atoms with van der Waals surface area (Å²) in [4.78, 5) is 12.9. The van der Waals surface area contributed by atoms with Crippen molar-refractivity contribution in [3.8, 4) is 16.9 Å². The van der Waals surface area contributed by atoms with Gasteiger partial charge in [-0.15, -0.1) is 0 Å².